The summed E-state index contributed by atoms with van der Waals surface area (Å²) in [7, 11) is 0. The smallest absolute Gasteiger partial charge is 0.321 e. The van der Waals surface area contributed by atoms with Crippen LogP contribution < -0.4 is 5.32 Å². The Labute approximate surface area is 140 Å². The summed E-state index contributed by atoms with van der Waals surface area (Å²) in [4.78, 5) is 24.8. The van der Waals surface area contributed by atoms with Crippen molar-refractivity contribution in [3.8, 4) is 0 Å². The summed E-state index contributed by atoms with van der Waals surface area (Å²) >= 11 is 15.3. The molecule has 0 aliphatic carbocycles. The number of carboxylic acid groups (broad SMARTS) is 1. The van der Waals surface area contributed by atoms with E-state index < -0.39 is 11.4 Å². The molecule has 1 aromatic rings. The van der Waals surface area contributed by atoms with Crippen LogP contribution in [0.3, 0.4) is 0 Å². The minimum absolute atomic E-state index is 0.163. The van der Waals surface area contributed by atoms with Gasteiger partial charge in [-0.05, 0) is 41.4 Å². The molecule has 1 heterocycles. The predicted molar refractivity (Wildman–Crippen MR) is 85.1 cm³/mol. The number of carboxylic acids is 1. The van der Waals surface area contributed by atoms with Crippen molar-refractivity contribution in [1.29, 1.82) is 0 Å². The maximum atomic E-state index is 12.2. The highest BCUT2D eigenvalue weighted by molar-refractivity contribution is 9.10. The van der Waals surface area contributed by atoms with Crippen molar-refractivity contribution in [2.24, 2.45) is 5.41 Å². The van der Waals surface area contributed by atoms with Crippen molar-refractivity contribution in [1.82, 2.24) is 4.90 Å². The molecule has 2 rings (SSSR count). The number of likely N-dealkylation sites (tertiary alicyclic amines) is 1. The molecular formula is C13H13BrCl2N2O3. The van der Waals surface area contributed by atoms with Gasteiger partial charge < -0.3 is 15.3 Å². The van der Waals surface area contributed by atoms with Crippen molar-refractivity contribution in [3.63, 3.8) is 0 Å². The van der Waals surface area contributed by atoms with Gasteiger partial charge in [-0.15, -0.1) is 0 Å². The molecule has 1 saturated heterocycles. The van der Waals surface area contributed by atoms with Gasteiger partial charge >= 0.3 is 12.0 Å². The third-order valence-electron chi connectivity index (χ3n) is 3.55. The van der Waals surface area contributed by atoms with Crippen LogP contribution in [0.4, 0.5) is 10.5 Å². The monoisotopic (exact) mass is 394 g/mol. The number of urea groups is 1. The number of benzene rings is 1. The van der Waals surface area contributed by atoms with Gasteiger partial charge in [-0.25, -0.2) is 4.79 Å². The standard InChI is InChI=1S/C13H13BrCl2N2O3/c1-13(11(19)20)4-5-18(6-13)12(21)17-8-3-2-7(14)9(15)10(8)16/h2-3H,4-6H2,1H3,(H,17,21)(H,19,20). The number of nitrogens with one attached hydrogen (secondary N) is 1. The lowest BCUT2D eigenvalue weighted by Gasteiger charge is -2.21. The fourth-order valence-electron chi connectivity index (χ4n) is 2.13. The molecule has 1 fully saturated rings. The van der Waals surface area contributed by atoms with Gasteiger partial charge in [0.1, 0.15) is 0 Å². The van der Waals surface area contributed by atoms with Gasteiger partial charge in [-0.2, -0.15) is 0 Å². The average molecular weight is 396 g/mol. The zero-order valence-corrected chi connectivity index (χ0v) is 14.2. The maximum Gasteiger partial charge on any atom is 0.321 e. The second-order valence-corrected chi connectivity index (χ2v) is 6.80. The fraction of sp³-hybridized carbons (Fsp3) is 0.385. The summed E-state index contributed by atoms with van der Waals surface area (Å²) in [5, 5.41) is 12.4. The molecule has 1 aromatic carbocycles. The van der Waals surface area contributed by atoms with Crippen molar-refractivity contribution < 1.29 is 14.7 Å². The van der Waals surface area contributed by atoms with Crippen molar-refractivity contribution >= 4 is 56.8 Å². The van der Waals surface area contributed by atoms with Crippen LogP contribution in [0, 0.1) is 5.41 Å². The van der Waals surface area contributed by atoms with Gasteiger partial charge in [0.2, 0.25) is 0 Å². The van der Waals surface area contributed by atoms with E-state index in [-0.39, 0.29) is 17.6 Å². The van der Waals surface area contributed by atoms with Crippen LogP contribution in [0.15, 0.2) is 16.6 Å². The summed E-state index contributed by atoms with van der Waals surface area (Å²) in [6.07, 6.45) is 0.421. The fourth-order valence-corrected chi connectivity index (χ4v) is 2.95. The number of rotatable bonds is 2. The van der Waals surface area contributed by atoms with E-state index >= 15 is 0 Å². The van der Waals surface area contributed by atoms with E-state index in [2.05, 4.69) is 21.2 Å². The molecule has 1 aliphatic rings. The number of carbonyl (C=O) groups excluding carboxylic acids is 1. The maximum absolute atomic E-state index is 12.2. The quantitative estimate of drug-likeness (QED) is 0.741. The molecule has 0 saturated carbocycles. The number of carbonyl (C=O) groups is 2. The van der Waals surface area contributed by atoms with E-state index in [1.54, 1.807) is 19.1 Å². The molecule has 2 amide bonds. The van der Waals surface area contributed by atoms with E-state index in [9.17, 15) is 14.7 Å². The summed E-state index contributed by atoms with van der Waals surface area (Å²) < 4.78 is 0.631. The SMILES string of the molecule is CC1(C(=O)O)CCN(C(=O)Nc2ccc(Br)c(Cl)c2Cl)C1. The topological polar surface area (TPSA) is 69.6 Å². The largest absolute Gasteiger partial charge is 0.481 e. The lowest BCUT2D eigenvalue weighted by atomic mass is 9.90. The van der Waals surface area contributed by atoms with Crippen LogP contribution >= 0.6 is 39.1 Å². The van der Waals surface area contributed by atoms with Crippen LogP contribution in [-0.4, -0.2) is 35.1 Å². The first-order valence-corrected chi connectivity index (χ1v) is 7.72. The highest BCUT2D eigenvalue weighted by Crippen LogP contribution is 2.36. The van der Waals surface area contributed by atoms with Crippen LogP contribution in [0.25, 0.3) is 0 Å². The molecule has 8 heteroatoms. The number of amides is 2. The number of halogens is 3. The Bertz CT molecular complexity index is 611. The van der Waals surface area contributed by atoms with Gasteiger partial charge in [-0.3, -0.25) is 4.79 Å². The van der Waals surface area contributed by atoms with Crippen LogP contribution in [-0.2, 0) is 4.79 Å². The first-order chi connectivity index (χ1) is 9.74. The van der Waals surface area contributed by atoms with Gasteiger partial charge in [0, 0.05) is 17.6 Å². The predicted octanol–water partition coefficient (Wildman–Crippen LogP) is 4.08. The lowest BCUT2D eigenvalue weighted by Crippen LogP contribution is -2.37. The average Bonchev–Trinajstić information content (AvgIpc) is 2.84. The van der Waals surface area contributed by atoms with E-state index in [1.807, 2.05) is 0 Å². The second kappa shape index (κ2) is 6.02. The Morgan fingerprint density at radius 1 is 1.38 bits per heavy atom. The van der Waals surface area contributed by atoms with Gasteiger partial charge in [0.05, 0.1) is 21.1 Å². The van der Waals surface area contributed by atoms with Crippen molar-refractivity contribution in [2.45, 2.75) is 13.3 Å². The van der Waals surface area contributed by atoms with E-state index in [4.69, 9.17) is 23.2 Å². The summed E-state index contributed by atoms with van der Waals surface area (Å²) in [5.41, 5.74) is -0.516. The minimum atomic E-state index is -0.904. The van der Waals surface area contributed by atoms with Crippen LogP contribution in [0.5, 0.6) is 0 Å². The number of aliphatic carboxylic acids is 1. The molecular weight excluding hydrogens is 383 g/mol. The third-order valence-corrected chi connectivity index (χ3v) is 5.32. The number of hydrogen-bond donors (Lipinski definition) is 2. The highest BCUT2D eigenvalue weighted by Gasteiger charge is 2.42. The molecule has 0 bridgehead atoms. The Hall–Kier alpha value is -0.980. The Morgan fingerprint density at radius 2 is 2.05 bits per heavy atom. The van der Waals surface area contributed by atoms with Crippen LogP contribution in [0.1, 0.15) is 13.3 Å². The molecule has 1 aliphatic heterocycles. The van der Waals surface area contributed by atoms with E-state index in [1.165, 1.54) is 4.90 Å². The Balaban J connectivity index is 2.10. The zero-order chi connectivity index (χ0) is 15.8. The molecule has 1 atom stereocenters. The van der Waals surface area contributed by atoms with E-state index in [0.717, 1.165) is 0 Å². The summed E-state index contributed by atoms with van der Waals surface area (Å²) in [6.45, 7) is 2.18. The summed E-state index contributed by atoms with van der Waals surface area (Å²) in [6, 6.07) is 2.91. The first-order valence-electron chi connectivity index (χ1n) is 6.17. The normalized spacial score (nSPS) is 21.4. The molecule has 0 radical (unpaired) electrons. The second-order valence-electron chi connectivity index (χ2n) is 5.19. The highest BCUT2D eigenvalue weighted by atomic mass is 79.9. The van der Waals surface area contributed by atoms with Crippen molar-refractivity contribution in [2.75, 3.05) is 18.4 Å². The third kappa shape index (κ3) is 3.27. The molecule has 5 nitrogen and oxygen atoms in total. The first kappa shape index (κ1) is 16.4. The molecule has 1 unspecified atom stereocenters. The molecule has 114 valence electrons. The molecule has 0 spiro atoms. The van der Waals surface area contributed by atoms with Crippen molar-refractivity contribution in [3.05, 3.63) is 26.7 Å². The van der Waals surface area contributed by atoms with Gasteiger partial charge in [0.25, 0.3) is 0 Å². The molecule has 21 heavy (non-hydrogen) atoms. The van der Waals surface area contributed by atoms with Gasteiger partial charge in [-0.1, -0.05) is 23.2 Å². The lowest BCUT2D eigenvalue weighted by molar-refractivity contribution is -0.146. The minimum Gasteiger partial charge on any atom is -0.481 e. The molecule has 0 aromatic heterocycles. The van der Waals surface area contributed by atoms with E-state index in [0.29, 0.717) is 28.1 Å². The Morgan fingerprint density at radius 3 is 2.62 bits per heavy atom. The number of anilines is 1. The number of nitrogens with zero attached hydrogens (tertiary/aromatic N) is 1. The van der Waals surface area contributed by atoms with Gasteiger partial charge in [0.15, 0.2) is 0 Å². The number of hydrogen-bond acceptors (Lipinski definition) is 2. The summed E-state index contributed by atoms with van der Waals surface area (Å²) in [5.74, 6) is -0.900. The zero-order valence-electron chi connectivity index (χ0n) is 11.1. The van der Waals surface area contributed by atoms with Crippen LogP contribution in [0.2, 0.25) is 10.0 Å². The Kier molecular flexibility index (Phi) is 4.70. The molecule has 2 N–H and O–H groups in total.